The van der Waals surface area contributed by atoms with Crippen molar-refractivity contribution < 1.29 is 14.3 Å². The summed E-state index contributed by atoms with van der Waals surface area (Å²) in [6, 6.07) is 9.79. The Bertz CT molecular complexity index is 1080. The highest BCUT2D eigenvalue weighted by Crippen LogP contribution is 2.22. The summed E-state index contributed by atoms with van der Waals surface area (Å²) in [5.74, 6) is -0.901. The highest BCUT2D eigenvalue weighted by Gasteiger charge is 2.23. The molecule has 0 fully saturated rings. The number of ketones is 1. The van der Waals surface area contributed by atoms with E-state index < -0.39 is 5.97 Å². The van der Waals surface area contributed by atoms with E-state index in [1.54, 1.807) is 17.7 Å². The van der Waals surface area contributed by atoms with E-state index in [1.165, 1.54) is 0 Å². The minimum absolute atomic E-state index is 0.188. The van der Waals surface area contributed by atoms with Crippen LogP contribution in [0.3, 0.4) is 0 Å². The SMILES string of the molecule is Cc1ccc(Cn2nc(C)c(C(=O)OCC(=O)c3cc(C)n(C)c3C)c2Cl)cc1. The topological polar surface area (TPSA) is 66.1 Å². The summed E-state index contributed by atoms with van der Waals surface area (Å²) in [6.07, 6.45) is 0. The van der Waals surface area contributed by atoms with Gasteiger partial charge >= 0.3 is 5.97 Å². The van der Waals surface area contributed by atoms with E-state index in [0.29, 0.717) is 17.8 Å². The number of halogens is 1. The fraction of sp³-hybridized carbons (Fsp3) is 0.318. The minimum Gasteiger partial charge on any atom is -0.454 e. The average Bonchev–Trinajstić information content (AvgIpc) is 3.11. The number of carbonyl (C=O) groups excluding carboxylic acids is 2. The van der Waals surface area contributed by atoms with Crippen LogP contribution in [0.15, 0.2) is 30.3 Å². The van der Waals surface area contributed by atoms with Crippen LogP contribution in [0.1, 0.15) is 48.9 Å². The number of aromatic nitrogens is 3. The molecule has 0 N–H and O–H groups in total. The maximum Gasteiger partial charge on any atom is 0.343 e. The summed E-state index contributed by atoms with van der Waals surface area (Å²) in [5.41, 5.74) is 5.19. The molecule has 0 atom stereocenters. The van der Waals surface area contributed by atoms with Crippen LogP contribution in [0.2, 0.25) is 5.15 Å². The van der Waals surface area contributed by atoms with Crippen LogP contribution in [0, 0.1) is 27.7 Å². The van der Waals surface area contributed by atoms with Crippen molar-refractivity contribution in [1.82, 2.24) is 14.3 Å². The Kier molecular flexibility index (Phi) is 5.94. The zero-order valence-electron chi connectivity index (χ0n) is 17.2. The van der Waals surface area contributed by atoms with Gasteiger partial charge in [-0.3, -0.25) is 4.79 Å². The maximum absolute atomic E-state index is 12.6. The minimum atomic E-state index is -0.652. The molecule has 7 heteroatoms. The van der Waals surface area contributed by atoms with Gasteiger partial charge in [-0.25, -0.2) is 9.48 Å². The number of ether oxygens (including phenoxy) is 1. The van der Waals surface area contributed by atoms with Crippen LogP contribution in [0.5, 0.6) is 0 Å². The number of esters is 1. The zero-order valence-corrected chi connectivity index (χ0v) is 18.0. The van der Waals surface area contributed by atoms with Crippen molar-refractivity contribution in [1.29, 1.82) is 0 Å². The molecule has 0 saturated carbocycles. The quantitative estimate of drug-likeness (QED) is 0.448. The molecule has 1 aromatic carbocycles. The second kappa shape index (κ2) is 8.25. The summed E-state index contributed by atoms with van der Waals surface area (Å²) < 4.78 is 8.74. The molecule has 6 nitrogen and oxygen atoms in total. The number of carbonyl (C=O) groups is 2. The van der Waals surface area contributed by atoms with Gasteiger partial charge in [0.15, 0.2) is 6.61 Å². The molecule has 0 amide bonds. The second-order valence-corrected chi connectivity index (χ2v) is 7.60. The van der Waals surface area contributed by atoms with Crippen LogP contribution in [-0.4, -0.2) is 32.7 Å². The van der Waals surface area contributed by atoms with Gasteiger partial charge in [-0.15, -0.1) is 0 Å². The molecule has 3 aromatic rings. The molecule has 0 bridgehead atoms. The third kappa shape index (κ3) is 4.27. The van der Waals surface area contributed by atoms with Gasteiger partial charge in [-0.2, -0.15) is 5.10 Å². The van der Waals surface area contributed by atoms with Gasteiger partial charge in [-0.05, 0) is 39.3 Å². The van der Waals surface area contributed by atoms with Crippen molar-refractivity contribution in [2.75, 3.05) is 6.61 Å². The third-order valence-electron chi connectivity index (χ3n) is 5.13. The zero-order chi connectivity index (χ0) is 21.3. The van der Waals surface area contributed by atoms with Crippen LogP contribution in [0.4, 0.5) is 0 Å². The molecular formula is C22H24ClN3O3. The molecule has 0 radical (unpaired) electrons. The summed E-state index contributed by atoms with van der Waals surface area (Å²) in [7, 11) is 1.89. The normalized spacial score (nSPS) is 11.0. The maximum atomic E-state index is 12.6. The predicted octanol–water partition coefficient (Wildman–Crippen LogP) is 4.20. The lowest BCUT2D eigenvalue weighted by molar-refractivity contribution is 0.0474. The van der Waals surface area contributed by atoms with E-state index in [9.17, 15) is 9.59 Å². The van der Waals surface area contributed by atoms with Crippen molar-refractivity contribution in [3.8, 4) is 0 Å². The molecule has 29 heavy (non-hydrogen) atoms. The van der Waals surface area contributed by atoms with Gasteiger partial charge in [0.2, 0.25) is 5.78 Å². The van der Waals surface area contributed by atoms with E-state index >= 15 is 0 Å². The lowest BCUT2D eigenvalue weighted by atomic mass is 10.1. The highest BCUT2D eigenvalue weighted by atomic mass is 35.5. The van der Waals surface area contributed by atoms with Crippen molar-refractivity contribution in [2.24, 2.45) is 7.05 Å². The van der Waals surface area contributed by atoms with E-state index in [4.69, 9.17) is 16.3 Å². The molecule has 2 heterocycles. The molecule has 0 spiro atoms. The molecule has 0 aliphatic carbocycles. The van der Waals surface area contributed by atoms with Crippen LogP contribution < -0.4 is 0 Å². The Morgan fingerprint density at radius 3 is 2.34 bits per heavy atom. The number of benzene rings is 1. The first kappa shape index (κ1) is 20.9. The van der Waals surface area contributed by atoms with E-state index in [0.717, 1.165) is 22.5 Å². The summed E-state index contributed by atoms with van der Waals surface area (Å²) in [6.45, 7) is 7.58. The third-order valence-corrected chi connectivity index (χ3v) is 5.52. The van der Waals surface area contributed by atoms with Gasteiger partial charge < -0.3 is 9.30 Å². The number of hydrogen-bond acceptors (Lipinski definition) is 4. The van der Waals surface area contributed by atoms with Gasteiger partial charge in [0, 0.05) is 24.0 Å². The number of rotatable bonds is 6. The monoisotopic (exact) mass is 413 g/mol. The van der Waals surface area contributed by atoms with E-state index in [-0.39, 0.29) is 23.1 Å². The number of Topliss-reactive ketones (excluding diaryl/α,β-unsaturated/α-hetero) is 1. The summed E-state index contributed by atoms with van der Waals surface area (Å²) in [4.78, 5) is 25.0. The lowest BCUT2D eigenvalue weighted by Crippen LogP contribution is -2.15. The summed E-state index contributed by atoms with van der Waals surface area (Å²) in [5, 5.41) is 4.56. The number of hydrogen-bond donors (Lipinski definition) is 0. The Morgan fingerprint density at radius 1 is 1.10 bits per heavy atom. The molecule has 2 aromatic heterocycles. The van der Waals surface area contributed by atoms with Crippen molar-refractivity contribution in [2.45, 2.75) is 34.2 Å². The van der Waals surface area contributed by atoms with Crippen LogP contribution in [0.25, 0.3) is 0 Å². The predicted molar refractivity (Wildman–Crippen MR) is 112 cm³/mol. The Balaban J connectivity index is 1.72. The number of aryl methyl sites for hydroxylation is 3. The average molecular weight is 414 g/mol. The first-order valence-corrected chi connectivity index (χ1v) is 9.68. The smallest absolute Gasteiger partial charge is 0.343 e. The molecule has 0 saturated heterocycles. The molecular weight excluding hydrogens is 390 g/mol. The Morgan fingerprint density at radius 2 is 1.76 bits per heavy atom. The molecule has 0 unspecified atom stereocenters. The second-order valence-electron chi connectivity index (χ2n) is 7.24. The fourth-order valence-corrected chi connectivity index (χ4v) is 3.49. The Labute approximate surface area is 175 Å². The largest absolute Gasteiger partial charge is 0.454 e. The molecule has 0 aliphatic rings. The molecule has 152 valence electrons. The number of nitrogens with zero attached hydrogens (tertiary/aromatic N) is 3. The first-order valence-electron chi connectivity index (χ1n) is 9.30. The van der Waals surface area contributed by atoms with Crippen molar-refractivity contribution in [3.63, 3.8) is 0 Å². The van der Waals surface area contributed by atoms with Crippen molar-refractivity contribution in [3.05, 3.63) is 74.8 Å². The standard InChI is InChI=1S/C22H24ClN3O3/c1-13-6-8-17(9-7-13)11-26-21(23)20(15(3)24-26)22(28)29-12-19(27)18-10-14(2)25(5)16(18)4/h6-10H,11-12H2,1-5H3. The van der Waals surface area contributed by atoms with Gasteiger partial charge in [0.1, 0.15) is 10.7 Å². The molecule has 3 rings (SSSR count). The summed E-state index contributed by atoms with van der Waals surface area (Å²) >= 11 is 6.40. The molecule has 0 aliphatic heterocycles. The van der Waals surface area contributed by atoms with Gasteiger partial charge in [-0.1, -0.05) is 41.4 Å². The van der Waals surface area contributed by atoms with Gasteiger partial charge in [0.25, 0.3) is 0 Å². The van der Waals surface area contributed by atoms with Crippen molar-refractivity contribution >= 4 is 23.4 Å². The van der Waals surface area contributed by atoms with Gasteiger partial charge in [0.05, 0.1) is 12.2 Å². The van der Waals surface area contributed by atoms with Crippen LogP contribution in [-0.2, 0) is 18.3 Å². The van der Waals surface area contributed by atoms with E-state index in [2.05, 4.69) is 5.10 Å². The first-order chi connectivity index (χ1) is 13.7. The Hall–Kier alpha value is -2.86. The highest BCUT2D eigenvalue weighted by molar-refractivity contribution is 6.32. The van der Waals surface area contributed by atoms with Crippen LogP contribution >= 0.6 is 11.6 Å². The fourth-order valence-electron chi connectivity index (χ4n) is 3.18. The lowest BCUT2D eigenvalue weighted by Gasteiger charge is -2.06. The van der Waals surface area contributed by atoms with E-state index in [1.807, 2.05) is 56.7 Å².